The fraction of sp³-hybridized carbons (Fsp3) is 0.583. The van der Waals surface area contributed by atoms with Gasteiger partial charge in [-0.25, -0.2) is 0 Å². The second-order valence-electron chi connectivity index (χ2n) is 4.92. The SMILES string of the molecule is Cc1cccc([C@@H](C)N[S@+]([O-])C(C)(C)C)n1. The van der Waals surface area contributed by atoms with E-state index in [9.17, 15) is 4.55 Å². The summed E-state index contributed by atoms with van der Waals surface area (Å²) in [4.78, 5) is 4.41. The summed E-state index contributed by atoms with van der Waals surface area (Å²) in [6, 6.07) is 5.87. The van der Waals surface area contributed by atoms with Crippen LogP contribution >= 0.6 is 0 Å². The molecular weight excluding hydrogens is 220 g/mol. The Morgan fingerprint density at radius 2 is 2.00 bits per heavy atom. The Labute approximate surface area is 101 Å². The molecule has 0 unspecified atom stereocenters. The molecule has 0 aliphatic carbocycles. The average molecular weight is 240 g/mol. The van der Waals surface area contributed by atoms with Crippen molar-refractivity contribution in [2.24, 2.45) is 0 Å². The highest BCUT2D eigenvalue weighted by Gasteiger charge is 2.28. The van der Waals surface area contributed by atoms with Crippen LogP contribution < -0.4 is 4.72 Å². The molecule has 1 aromatic rings. The van der Waals surface area contributed by atoms with Gasteiger partial charge in [0.25, 0.3) is 0 Å². The summed E-state index contributed by atoms with van der Waals surface area (Å²) in [6.45, 7) is 9.79. The molecule has 0 radical (unpaired) electrons. The van der Waals surface area contributed by atoms with Crippen LogP contribution in [-0.2, 0) is 11.4 Å². The van der Waals surface area contributed by atoms with Gasteiger partial charge in [-0.15, -0.1) is 4.72 Å². The lowest BCUT2D eigenvalue weighted by atomic mass is 10.2. The van der Waals surface area contributed by atoms with E-state index in [4.69, 9.17) is 0 Å². The number of hydrogen-bond donors (Lipinski definition) is 1. The van der Waals surface area contributed by atoms with Crippen LogP contribution in [0.5, 0.6) is 0 Å². The first-order valence-electron chi connectivity index (χ1n) is 5.42. The molecule has 0 bridgehead atoms. The van der Waals surface area contributed by atoms with Gasteiger partial charge in [-0.2, -0.15) is 0 Å². The molecule has 0 saturated carbocycles. The van der Waals surface area contributed by atoms with Crippen molar-refractivity contribution in [1.29, 1.82) is 0 Å². The summed E-state index contributed by atoms with van der Waals surface area (Å²) in [6.07, 6.45) is 0. The molecule has 16 heavy (non-hydrogen) atoms. The van der Waals surface area contributed by atoms with Crippen LogP contribution in [0.1, 0.15) is 45.1 Å². The maximum atomic E-state index is 11.9. The van der Waals surface area contributed by atoms with Gasteiger partial charge in [-0.1, -0.05) is 6.07 Å². The molecular formula is C12H20N2OS. The zero-order valence-electron chi connectivity index (χ0n) is 10.6. The van der Waals surface area contributed by atoms with E-state index in [1.807, 2.05) is 52.8 Å². The van der Waals surface area contributed by atoms with Crippen molar-refractivity contribution in [3.63, 3.8) is 0 Å². The monoisotopic (exact) mass is 240 g/mol. The minimum absolute atomic E-state index is 0.0000386. The quantitative estimate of drug-likeness (QED) is 0.826. The number of nitrogens with one attached hydrogen (secondary N) is 1. The van der Waals surface area contributed by atoms with Crippen LogP contribution in [0, 0.1) is 6.92 Å². The van der Waals surface area contributed by atoms with Crippen molar-refractivity contribution in [1.82, 2.24) is 9.71 Å². The highest BCUT2D eigenvalue weighted by molar-refractivity contribution is 7.90. The third-order valence-electron chi connectivity index (χ3n) is 2.19. The summed E-state index contributed by atoms with van der Waals surface area (Å²) in [5, 5.41) is 0. The fourth-order valence-electron chi connectivity index (χ4n) is 1.20. The fourth-order valence-corrected chi connectivity index (χ4v) is 2.00. The Morgan fingerprint density at radius 1 is 1.38 bits per heavy atom. The highest BCUT2D eigenvalue weighted by atomic mass is 32.2. The number of hydrogen-bond acceptors (Lipinski definition) is 3. The van der Waals surface area contributed by atoms with Crippen LogP contribution in [0.3, 0.4) is 0 Å². The van der Waals surface area contributed by atoms with Gasteiger partial charge in [0.05, 0.1) is 11.7 Å². The minimum atomic E-state index is -1.06. The number of aromatic nitrogens is 1. The largest absolute Gasteiger partial charge is 0.598 e. The summed E-state index contributed by atoms with van der Waals surface area (Å²) in [5.41, 5.74) is 1.91. The Hall–Kier alpha value is -0.580. The van der Waals surface area contributed by atoms with E-state index in [1.165, 1.54) is 0 Å². The molecule has 1 aromatic heterocycles. The van der Waals surface area contributed by atoms with E-state index in [0.29, 0.717) is 0 Å². The van der Waals surface area contributed by atoms with E-state index in [1.54, 1.807) is 0 Å². The van der Waals surface area contributed by atoms with Gasteiger partial charge in [0.1, 0.15) is 4.75 Å². The predicted octanol–water partition coefficient (Wildman–Crippen LogP) is 2.50. The second-order valence-corrected chi connectivity index (χ2v) is 6.92. The van der Waals surface area contributed by atoms with Gasteiger partial charge in [0.15, 0.2) is 0 Å². The Bertz CT molecular complexity index is 349. The first-order valence-corrected chi connectivity index (χ1v) is 6.57. The van der Waals surface area contributed by atoms with Crippen LogP contribution in [-0.4, -0.2) is 14.3 Å². The summed E-state index contributed by atoms with van der Waals surface area (Å²) >= 11 is -1.06. The van der Waals surface area contributed by atoms with Crippen molar-refractivity contribution in [2.75, 3.05) is 0 Å². The lowest BCUT2D eigenvalue weighted by molar-refractivity contribution is 0.529. The Kier molecular flexibility index (Phi) is 4.35. The standard InChI is InChI=1S/C12H20N2OS/c1-9-7-6-8-11(13-9)10(2)14-16(15)12(3,4)5/h6-8,10,14H,1-5H3/t10-,16-/m1/s1. The van der Waals surface area contributed by atoms with E-state index in [-0.39, 0.29) is 10.8 Å². The number of nitrogens with zero attached hydrogens (tertiary/aromatic N) is 1. The maximum absolute atomic E-state index is 11.9. The van der Waals surface area contributed by atoms with E-state index in [2.05, 4.69) is 9.71 Å². The van der Waals surface area contributed by atoms with Crippen LogP contribution in [0.25, 0.3) is 0 Å². The van der Waals surface area contributed by atoms with Crippen LogP contribution in [0.4, 0.5) is 0 Å². The van der Waals surface area contributed by atoms with Crippen molar-refractivity contribution >= 4 is 11.4 Å². The van der Waals surface area contributed by atoms with Gasteiger partial charge in [0.2, 0.25) is 0 Å². The molecule has 0 aromatic carbocycles. The number of aryl methyl sites for hydroxylation is 1. The van der Waals surface area contributed by atoms with Gasteiger partial charge >= 0.3 is 0 Å². The lowest BCUT2D eigenvalue weighted by Crippen LogP contribution is -2.40. The van der Waals surface area contributed by atoms with Crippen LogP contribution in [0.2, 0.25) is 0 Å². The van der Waals surface area contributed by atoms with Gasteiger partial charge in [-0.3, -0.25) is 4.98 Å². The van der Waals surface area contributed by atoms with Crippen molar-refractivity contribution in [3.8, 4) is 0 Å². The summed E-state index contributed by atoms with van der Waals surface area (Å²) in [7, 11) is 0. The lowest BCUT2D eigenvalue weighted by Gasteiger charge is -2.26. The first-order chi connectivity index (χ1) is 7.30. The molecule has 1 heterocycles. The van der Waals surface area contributed by atoms with E-state index < -0.39 is 11.4 Å². The van der Waals surface area contributed by atoms with Crippen LogP contribution in [0.15, 0.2) is 18.2 Å². The molecule has 0 aliphatic rings. The predicted molar refractivity (Wildman–Crippen MR) is 68.4 cm³/mol. The summed E-state index contributed by atoms with van der Waals surface area (Å²) < 4.78 is 14.7. The Morgan fingerprint density at radius 3 is 2.50 bits per heavy atom. The van der Waals surface area contributed by atoms with E-state index >= 15 is 0 Å². The zero-order valence-corrected chi connectivity index (χ0v) is 11.4. The average Bonchev–Trinajstić information content (AvgIpc) is 2.16. The molecule has 0 aliphatic heterocycles. The third-order valence-corrected chi connectivity index (χ3v) is 3.87. The maximum Gasteiger partial charge on any atom is 0.136 e. The topological polar surface area (TPSA) is 48.0 Å². The molecule has 4 heteroatoms. The zero-order chi connectivity index (χ0) is 12.3. The van der Waals surface area contributed by atoms with Gasteiger partial charge in [0, 0.05) is 17.1 Å². The smallest absolute Gasteiger partial charge is 0.136 e. The Balaban J connectivity index is 2.69. The molecule has 0 spiro atoms. The third kappa shape index (κ3) is 3.77. The first kappa shape index (κ1) is 13.5. The molecule has 1 N–H and O–H groups in total. The van der Waals surface area contributed by atoms with Gasteiger partial charge in [-0.05, 0) is 46.8 Å². The number of rotatable bonds is 3. The van der Waals surface area contributed by atoms with Crippen molar-refractivity contribution in [2.45, 2.75) is 45.4 Å². The minimum Gasteiger partial charge on any atom is -0.598 e. The van der Waals surface area contributed by atoms with Crippen molar-refractivity contribution < 1.29 is 4.55 Å². The molecule has 2 atom stereocenters. The molecule has 0 amide bonds. The van der Waals surface area contributed by atoms with E-state index in [0.717, 1.165) is 11.4 Å². The normalized spacial score (nSPS) is 15.9. The molecule has 90 valence electrons. The molecule has 3 nitrogen and oxygen atoms in total. The molecule has 0 saturated heterocycles. The summed E-state index contributed by atoms with van der Waals surface area (Å²) in [5.74, 6) is 0. The number of pyridine rings is 1. The van der Waals surface area contributed by atoms with Crippen molar-refractivity contribution in [3.05, 3.63) is 29.6 Å². The second kappa shape index (κ2) is 5.17. The molecule has 1 rings (SSSR count). The highest BCUT2D eigenvalue weighted by Crippen LogP contribution is 2.18. The molecule has 0 fully saturated rings. The van der Waals surface area contributed by atoms with Gasteiger partial charge < -0.3 is 4.55 Å².